The molecule has 0 unspecified atom stereocenters. The van der Waals surface area contributed by atoms with Crippen molar-refractivity contribution in [1.29, 1.82) is 0 Å². The van der Waals surface area contributed by atoms with Crippen molar-refractivity contribution in [3.05, 3.63) is 158 Å². The largest absolute Gasteiger partial charge is 0.456 e. The molecule has 3 nitrogen and oxygen atoms in total. The molecule has 46 heavy (non-hydrogen) atoms. The topological polar surface area (TPSA) is 31.0 Å². The van der Waals surface area contributed by atoms with E-state index in [1.807, 2.05) is 6.07 Å². The van der Waals surface area contributed by atoms with Gasteiger partial charge in [-0.2, -0.15) is 0 Å². The predicted molar refractivity (Wildman–Crippen MR) is 192 cm³/mol. The molecule has 0 bridgehead atoms. The molecule has 0 saturated carbocycles. The molecule has 0 amide bonds. The highest BCUT2D eigenvalue weighted by Gasteiger charge is 2.19. The van der Waals surface area contributed by atoms with Gasteiger partial charge in [0.05, 0.1) is 27.9 Å². The van der Waals surface area contributed by atoms with Crippen molar-refractivity contribution in [2.45, 2.75) is 0 Å². The van der Waals surface area contributed by atoms with Crippen LogP contribution in [0.5, 0.6) is 0 Å². The molecule has 0 aliphatic heterocycles. The van der Waals surface area contributed by atoms with Crippen LogP contribution in [-0.4, -0.2) is 9.55 Å². The Morgan fingerprint density at radius 1 is 0.435 bits per heavy atom. The molecule has 7 aromatic carbocycles. The Morgan fingerprint density at radius 2 is 1.09 bits per heavy atom. The minimum Gasteiger partial charge on any atom is -0.456 e. The summed E-state index contributed by atoms with van der Waals surface area (Å²) in [5.41, 5.74) is 10.7. The van der Waals surface area contributed by atoms with Crippen molar-refractivity contribution in [3.63, 3.8) is 0 Å². The van der Waals surface area contributed by atoms with Gasteiger partial charge in [0.1, 0.15) is 11.2 Å². The lowest BCUT2D eigenvalue weighted by molar-refractivity contribution is 0.669. The Morgan fingerprint density at radius 3 is 1.89 bits per heavy atom. The second-order valence-corrected chi connectivity index (χ2v) is 11.9. The highest BCUT2D eigenvalue weighted by molar-refractivity contribution is 6.28. The summed E-state index contributed by atoms with van der Waals surface area (Å²) < 4.78 is 8.94. The third-order valence-electron chi connectivity index (χ3n) is 9.38. The van der Waals surface area contributed by atoms with Crippen LogP contribution in [-0.2, 0) is 0 Å². The molecule has 0 saturated heterocycles. The van der Waals surface area contributed by atoms with E-state index in [0.29, 0.717) is 0 Å². The van der Waals surface area contributed by atoms with Crippen LogP contribution in [0.3, 0.4) is 0 Å². The molecule has 0 radical (unpaired) electrons. The highest BCUT2D eigenvalue weighted by Crippen LogP contribution is 2.43. The zero-order chi connectivity index (χ0) is 30.2. The van der Waals surface area contributed by atoms with E-state index in [1.54, 1.807) is 0 Å². The second-order valence-electron chi connectivity index (χ2n) is 11.9. The van der Waals surface area contributed by atoms with Gasteiger partial charge in [-0.25, -0.2) is 4.98 Å². The van der Waals surface area contributed by atoms with Crippen molar-refractivity contribution in [3.8, 4) is 28.1 Å². The van der Waals surface area contributed by atoms with E-state index in [1.165, 1.54) is 32.8 Å². The molecular formula is C43H26N2O. The highest BCUT2D eigenvalue weighted by atomic mass is 16.3. The lowest BCUT2D eigenvalue weighted by Gasteiger charge is -2.14. The van der Waals surface area contributed by atoms with Crippen LogP contribution in [0.15, 0.2) is 162 Å². The second kappa shape index (κ2) is 9.65. The Labute approximate surface area is 264 Å². The zero-order valence-corrected chi connectivity index (χ0v) is 24.8. The molecule has 10 aromatic rings. The van der Waals surface area contributed by atoms with Crippen molar-refractivity contribution < 1.29 is 4.42 Å². The lowest BCUT2D eigenvalue weighted by Crippen LogP contribution is -1.96. The summed E-state index contributed by atoms with van der Waals surface area (Å²) in [4.78, 5) is 5.17. The Hall–Kier alpha value is -6.19. The fraction of sp³-hybridized carbons (Fsp3) is 0. The fourth-order valence-electron chi connectivity index (χ4n) is 7.39. The predicted octanol–water partition coefficient (Wildman–Crippen LogP) is 11.7. The molecule has 0 fully saturated rings. The van der Waals surface area contributed by atoms with Crippen LogP contribution in [0, 0.1) is 0 Å². The van der Waals surface area contributed by atoms with Crippen molar-refractivity contribution in [2.75, 3.05) is 0 Å². The van der Waals surface area contributed by atoms with Gasteiger partial charge in [-0.05, 0) is 54.1 Å². The Bertz CT molecular complexity index is 2750. The summed E-state index contributed by atoms with van der Waals surface area (Å²) in [7, 11) is 0. The molecule has 3 aromatic heterocycles. The number of aromatic nitrogens is 2. The van der Waals surface area contributed by atoms with E-state index in [2.05, 4.69) is 156 Å². The van der Waals surface area contributed by atoms with Gasteiger partial charge in [0.25, 0.3) is 0 Å². The van der Waals surface area contributed by atoms with Gasteiger partial charge in [0.15, 0.2) is 0 Å². The number of para-hydroxylation sites is 4. The Balaban J connectivity index is 1.28. The molecular weight excluding hydrogens is 560 g/mol. The van der Waals surface area contributed by atoms with Crippen LogP contribution >= 0.6 is 0 Å². The van der Waals surface area contributed by atoms with E-state index in [4.69, 9.17) is 9.40 Å². The minimum absolute atomic E-state index is 0.878. The van der Waals surface area contributed by atoms with Gasteiger partial charge >= 0.3 is 0 Å². The summed E-state index contributed by atoms with van der Waals surface area (Å²) in [6.07, 6.45) is 0. The first-order chi connectivity index (χ1) is 22.8. The first-order valence-corrected chi connectivity index (χ1v) is 15.6. The number of hydrogen-bond donors (Lipinski definition) is 0. The quantitative estimate of drug-likeness (QED) is 0.193. The van der Waals surface area contributed by atoms with Crippen molar-refractivity contribution in [2.24, 2.45) is 0 Å². The average molecular weight is 587 g/mol. The fourth-order valence-corrected chi connectivity index (χ4v) is 7.39. The van der Waals surface area contributed by atoms with Gasteiger partial charge < -0.3 is 8.98 Å². The number of hydrogen-bond acceptors (Lipinski definition) is 2. The summed E-state index contributed by atoms with van der Waals surface area (Å²) in [6, 6.07) is 55.9. The third-order valence-corrected chi connectivity index (χ3v) is 9.38. The van der Waals surface area contributed by atoms with Crippen molar-refractivity contribution >= 4 is 65.4 Å². The van der Waals surface area contributed by atoms with Crippen LogP contribution in [0.1, 0.15) is 0 Å². The maximum atomic E-state index is 6.54. The standard InChI is InChI=1S/C43H26N2O/c1-2-12-27(13-3-1)43-33-23-25-40-42(41(33)32-17-4-8-18-35(32)44-43)34-26-28(22-24-39(34)46-40)29-14-5-9-19-36(29)45-37-20-10-6-15-30(37)31-16-7-11-21-38(31)45/h1-26H. The molecule has 214 valence electrons. The number of benzene rings is 7. The Kier molecular flexibility index (Phi) is 5.28. The normalized spacial score (nSPS) is 11.9. The van der Waals surface area contributed by atoms with Gasteiger partial charge in [-0.3, -0.25) is 0 Å². The third kappa shape index (κ3) is 3.57. The molecule has 0 spiro atoms. The molecule has 0 aliphatic rings. The number of fused-ring (bicyclic) bond motifs is 10. The van der Waals surface area contributed by atoms with E-state index in [9.17, 15) is 0 Å². The first-order valence-electron chi connectivity index (χ1n) is 15.6. The minimum atomic E-state index is 0.878. The smallest absolute Gasteiger partial charge is 0.136 e. The maximum absolute atomic E-state index is 6.54. The molecule has 0 aliphatic carbocycles. The van der Waals surface area contributed by atoms with E-state index < -0.39 is 0 Å². The molecule has 0 N–H and O–H groups in total. The summed E-state index contributed by atoms with van der Waals surface area (Å²) in [6.45, 7) is 0. The number of nitrogens with zero attached hydrogens (tertiary/aromatic N) is 2. The summed E-state index contributed by atoms with van der Waals surface area (Å²) in [5, 5.41) is 8.16. The molecule has 3 heterocycles. The SMILES string of the molecule is c1ccc(-c2nc3ccccc3c3c2ccc2oc4ccc(-c5ccccc5-n5c6ccccc6c6ccccc65)cc4c23)cc1. The van der Waals surface area contributed by atoms with E-state index in [-0.39, 0.29) is 0 Å². The van der Waals surface area contributed by atoms with Crippen LogP contribution in [0.4, 0.5) is 0 Å². The van der Waals surface area contributed by atoms with Gasteiger partial charge in [-0.15, -0.1) is 0 Å². The van der Waals surface area contributed by atoms with Gasteiger partial charge in [0, 0.05) is 48.8 Å². The van der Waals surface area contributed by atoms with Crippen LogP contribution in [0.2, 0.25) is 0 Å². The van der Waals surface area contributed by atoms with Crippen LogP contribution in [0.25, 0.3) is 93.5 Å². The van der Waals surface area contributed by atoms with Gasteiger partial charge in [0.2, 0.25) is 0 Å². The monoisotopic (exact) mass is 586 g/mol. The molecule has 0 atom stereocenters. The lowest BCUT2D eigenvalue weighted by atomic mass is 9.95. The van der Waals surface area contributed by atoms with E-state index in [0.717, 1.165) is 60.7 Å². The number of pyridine rings is 1. The summed E-state index contributed by atoms with van der Waals surface area (Å²) in [5.74, 6) is 0. The molecule has 10 rings (SSSR count). The molecule has 3 heteroatoms. The van der Waals surface area contributed by atoms with Gasteiger partial charge in [-0.1, -0.05) is 109 Å². The average Bonchev–Trinajstić information content (AvgIpc) is 3.67. The maximum Gasteiger partial charge on any atom is 0.136 e. The van der Waals surface area contributed by atoms with E-state index >= 15 is 0 Å². The first kappa shape index (κ1) is 25.2. The van der Waals surface area contributed by atoms with Crippen LogP contribution < -0.4 is 0 Å². The number of furan rings is 1. The number of rotatable bonds is 3. The zero-order valence-electron chi connectivity index (χ0n) is 24.8. The summed E-state index contributed by atoms with van der Waals surface area (Å²) >= 11 is 0. The van der Waals surface area contributed by atoms with Crippen molar-refractivity contribution in [1.82, 2.24) is 9.55 Å².